The zero-order chi connectivity index (χ0) is 74.6. The fourth-order valence-electron chi connectivity index (χ4n) is 10.3. The zero-order valence-corrected chi connectivity index (χ0v) is 65.8. The number of ether oxygens (including phenoxy) is 4. The second-order valence-electron chi connectivity index (χ2n) is 26.3. The fourth-order valence-corrected chi connectivity index (χ4v) is 11.9. The Labute approximate surface area is 619 Å². The quantitative estimate of drug-likeness (QED) is 0.0169. The lowest BCUT2D eigenvalue weighted by Gasteiger charge is -2.21. The van der Waals surface area contributed by atoms with Crippen LogP contribution in [0.2, 0.25) is 0 Å². The molecule has 5 atom stereocenters. The molecule has 0 fully saturated rings. The minimum atomic E-state index is -4.99. The molecule has 19 heteroatoms. The lowest BCUT2D eigenvalue weighted by Crippen LogP contribution is -2.30. The first-order valence-corrected chi connectivity index (χ1v) is 42.8. The first-order chi connectivity index (χ1) is 49.7. The summed E-state index contributed by atoms with van der Waals surface area (Å²) in [6.45, 7) is 4.60. The van der Waals surface area contributed by atoms with Crippen molar-refractivity contribution in [3.8, 4) is 0 Å². The molecule has 5 unspecified atom stereocenters. The fraction of sp³-hybridized carbons (Fsp3) is 0.711. The normalized spacial score (nSPS) is 14.5. The van der Waals surface area contributed by atoms with Crippen molar-refractivity contribution in [3.05, 3.63) is 122 Å². The van der Waals surface area contributed by atoms with Gasteiger partial charge in [0.1, 0.15) is 19.3 Å². The Bertz CT molecular complexity index is 2410. The molecular formula is C83H142O17P2. The Balaban J connectivity index is 5.40. The Hall–Kier alpha value is -4.54. The minimum absolute atomic E-state index is 0.0687. The maximum Gasteiger partial charge on any atom is 0.472 e. The molecule has 0 saturated heterocycles. The Morgan fingerprint density at radius 3 is 0.863 bits per heavy atom. The highest BCUT2D eigenvalue weighted by Crippen LogP contribution is 2.45. The smallest absolute Gasteiger partial charge is 0.462 e. The van der Waals surface area contributed by atoms with Gasteiger partial charge >= 0.3 is 39.5 Å². The largest absolute Gasteiger partial charge is 0.472 e. The molecule has 0 aromatic carbocycles. The highest BCUT2D eigenvalue weighted by atomic mass is 31.2. The van der Waals surface area contributed by atoms with Gasteiger partial charge in [-0.05, 0) is 154 Å². The predicted molar refractivity (Wildman–Crippen MR) is 418 cm³/mol. The van der Waals surface area contributed by atoms with Gasteiger partial charge in [-0.2, -0.15) is 0 Å². The molecule has 3 N–H and O–H groups in total. The summed E-state index contributed by atoms with van der Waals surface area (Å²) >= 11 is 0. The molecule has 102 heavy (non-hydrogen) atoms. The standard InChI is InChI=1S/C83H142O17P2/c1-5-9-13-17-21-25-29-33-36-37-38-39-42-45-48-52-56-60-64-68-81(86)94-74-79(100-83(88)70-66-62-58-54-50-46-41-35-31-27-23-19-15-11-7-3)76-98-102(91,92)96-72-77(84)71-95-101(89,90)97-75-78(99-82(87)69-65-61-57-53-49-43-32-28-24-20-16-12-8-4)73-93-80(85)67-63-59-55-51-47-44-40-34-30-26-22-18-14-10-6-2/h9,13,16,20-21,23,25,27-28,32-36,38-41,45,48,77-79,84H,5-8,10-12,14-15,17-19,22,24,26,29-31,37,42-44,46-47,49-76H2,1-4H3,(H,89,90)(H,91,92)/b13-9-,20-16-,25-21-,27-23-,32-28-,36-33-,39-38-,40-34-,41-35-,48-45-. The third-order valence-corrected chi connectivity index (χ3v) is 18.3. The number of unbranched alkanes of at least 4 members (excludes halogenated alkanes) is 28. The number of hydrogen-bond donors (Lipinski definition) is 3. The molecule has 0 aromatic heterocycles. The number of carbonyl (C=O) groups excluding carboxylic acids is 4. The summed E-state index contributed by atoms with van der Waals surface area (Å²) in [5.74, 6) is -2.25. The van der Waals surface area contributed by atoms with E-state index in [1.165, 1.54) is 57.8 Å². The van der Waals surface area contributed by atoms with Crippen LogP contribution >= 0.6 is 15.6 Å². The summed E-state index contributed by atoms with van der Waals surface area (Å²) in [6, 6.07) is 0. The highest BCUT2D eigenvalue weighted by molar-refractivity contribution is 7.47. The van der Waals surface area contributed by atoms with Gasteiger partial charge in [0, 0.05) is 25.7 Å². The molecule has 0 spiro atoms. The van der Waals surface area contributed by atoms with Crippen LogP contribution in [0.5, 0.6) is 0 Å². The molecular weight excluding hydrogens is 1330 g/mol. The van der Waals surface area contributed by atoms with Crippen LogP contribution in [0.4, 0.5) is 0 Å². The molecule has 0 bridgehead atoms. The van der Waals surface area contributed by atoms with Crippen LogP contribution in [0.1, 0.15) is 323 Å². The van der Waals surface area contributed by atoms with Crippen molar-refractivity contribution >= 4 is 39.5 Å². The van der Waals surface area contributed by atoms with Gasteiger partial charge in [0.25, 0.3) is 0 Å². The van der Waals surface area contributed by atoms with Crippen molar-refractivity contribution in [2.24, 2.45) is 0 Å². The summed E-state index contributed by atoms with van der Waals surface area (Å²) in [7, 11) is -9.98. The van der Waals surface area contributed by atoms with Crippen LogP contribution in [-0.2, 0) is 65.4 Å². The first-order valence-electron chi connectivity index (χ1n) is 39.8. The van der Waals surface area contributed by atoms with Gasteiger partial charge in [-0.15, -0.1) is 0 Å². The summed E-state index contributed by atoms with van der Waals surface area (Å²) in [5.41, 5.74) is 0. The molecule has 0 heterocycles. The Morgan fingerprint density at radius 1 is 0.284 bits per heavy atom. The predicted octanol–water partition coefficient (Wildman–Crippen LogP) is 23.1. The Morgan fingerprint density at radius 2 is 0.529 bits per heavy atom. The van der Waals surface area contributed by atoms with E-state index < -0.39 is 97.5 Å². The molecule has 17 nitrogen and oxygen atoms in total. The second kappa shape index (κ2) is 74.7. The molecule has 0 radical (unpaired) electrons. The monoisotopic (exact) mass is 1470 g/mol. The average molecular weight is 1470 g/mol. The van der Waals surface area contributed by atoms with Crippen molar-refractivity contribution in [2.75, 3.05) is 39.6 Å². The lowest BCUT2D eigenvalue weighted by molar-refractivity contribution is -0.161. The van der Waals surface area contributed by atoms with Gasteiger partial charge in [0.15, 0.2) is 12.2 Å². The highest BCUT2D eigenvalue weighted by Gasteiger charge is 2.30. The number of rotatable bonds is 74. The first kappa shape index (κ1) is 97.5. The van der Waals surface area contributed by atoms with Gasteiger partial charge in [-0.25, -0.2) is 9.13 Å². The summed E-state index contributed by atoms with van der Waals surface area (Å²) in [4.78, 5) is 73.0. The van der Waals surface area contributed by atoms with E-state index in [9.17, 15) is 43.2 Å². The van der Waals surface area contributed by atoms with Crippen LogP contribution in [0.15, 0.2) is 122 Å². The molecule has 0 aromatic rings. The van der Waals surface area contributed by atoms with Crippen molar-refractivity contribution < 1.29 is 80.2 Å². The van der Waals surface area contributed by atoms with Gasteiger partial charge in [0.2, 0.25) is 0 Å². The van der Waals surface area contributed by atoms with E-state index in [4.69, 9.17) is 37.0 Å². The van der Waals surface area contributed by atoms with Gasteiger partial charge in [0.05, 0.1) is 26.4 Å². The van der Waals surface area contributed by atoms with Crippen LogP contribution in [0.3, 0.4) is 0 Å². The topological polar surface area (TPSA) is 237 Å². The van der Waals surface area contributed by atoms with Gasteiger partial charge in [-0.1, -0.05) is 265 Å². The van der Waals surface area contributed by atoms with Crippen molar-refractivity contribution in [1.29, 1.82) is 0 Å². The maximum atomic E-state index is 13.1. The number of hydrogen-bond acceptors (Lipinski definition) is 15. The molecule has 586 valence electrons. The van der Waals surface area contributed by atoms with Crippen molar-refractivity contribution in [1.82, 2.24) is 0 Å². The Kier molecular flexibility index (Phi) is 71.4. The van der Waals surface area contributed by atoms with Crippen LogP contribution < -0.4 is 0 Å². The summed E-state index contributed by atoms with van der Waals surface area (Å²) in [5, 5.41) is 10.6. The number of aliphatic hydroxyl groups excluding tert-OH is 1. The lowest BCUT2D eigenvalue weighted by atomic mass is 10.1. The number of aliphatic hydroxyl groups is 1. The van der Waals surface area contributed by atoms with Crippen molar-refractivity contribution in [3.63, 3.8) is 0 Å². The van der Waals surface area contributed by atoms with Crippen LogP contribution in [-0.4, -0.2) is 96.7 Å². The van der Waals surface area contributed by atoms with Crippen LogP contribution in [0, 0.1) is 0 Å². The van der Waals surface area contributed by atoms with Gasteiger partial charge in [-0.3, -0.25) is 37.3 Å². The molecule has 0 saturated carbocycles. The number of allylic oxidation sites excluding steroid dienone is 20. The third-order valence-electron chi connectivity index (χ3n) is 16.4. The molecule has 0 aliphatic carbocycles. The third kappa shape index (κ3) is 73.8. The van der Waals surface area contributed by atoms with E-state index in [2.05, 4.69) is 149 Å². The van der Waals surface area contributed by atoms with Crippen molar-refractivity contribution in [2.45, 2.75) is 341 Å². The average Bonchev–Trinajstić information content (AvgIpc) is 0.924. The van der Waals surface area contributed by atoms with E-state index >= 15 is 0 Å². The zero-order valence-electron chi connectivity index (χ0n) is 64.0. The van der Waals surface area contributed by atoms with Gasteiger partial charge < -0.3 is 33.8 Å². The molecule has 0 aliphatic heterocycles. The van der Waals surface area contributed by atoms with E-state index in [0.29, 0.717) is 25.7 Å². The van der Waals surface area contributed by atoms with E-state index in [0.717, 1.165) is 186 Å². The SMILES string of the molecule is CC/C=C\C/C=C\C/C=C\C/C=C\C/C=C\CCCCCC(=O)OCC(COP(=O)(O)OCC(O)COP(=O)(O)OCC(COC(=O)CCCCCCC/C=C\CCCCCCCC)OC(=O)CCCCCCC/C=C\C/C=C\CCC)OC(=O)CCCCCCC/C=C\C/C=C\CCCCC. The molecule has 0 rings (SSSR count). The minimum Gasteiger partial charge on any atom is -0.462 e. The van der Waals surface area contributed by atoms with E-state index in [1.807, 2.05) is 0 Å². The summed E-state index contributed by atoms with van der Waals surface area (Å²) < 4.78 is 68.5. The number of phosphoric ester groups is 2. The van der Waals surface area contributed by atoms with E-state index in [-0.39, 0.29) is 25.7 Å². The van der Waals surface area contributed by atoms with Crippen LogP contribution in [0.25, 0.3) is 0 Å². The maximum absolute atomic E-state index is 13.1. The molecule has 0 amide bonds. The number of carbonyl (C=O) groups is 4. The summed E-state index contributed by atoms with van der Waals surface area (Å²) in [6.07, 6.45) is 81.8. The second-order valence-corrected chi connectivity index (χ2v) is 29.2. The van der Waals surface area contributed by atoms with E-state index in [1.54, 1.807) is 0 Å². The molecule has 0 aliphatic rings. The number of esters is 4. The number of phosphoric acid groups is 2.